The number of carbonyl (C=O) groups excluding carboxylic acids is 1. The Morgan fingerprint density at radius 3 is 2.79 bits per heavy atom. The molecule has 1 fully saturated rings. The largest absolute Gasteiger partial charge is 0.383 e. The van der Waals surface area contributed by atoms with Crippen LogP contribution in [0.15, 0.2) is 48.5 Å². The molecule has 2 aromatic carbocycles. The molecule has 3 rings (SSSR count). The third-order valence-electron chi connectivity index (χ3n) is 5.27. The van der Waals surface area contributed by atoms with E-state index in [1.54, 1.807) is 13.2 Å². The molecule has 0 unspecified atom stereocenters. The van der Waals surface area contributed by atoms with Crippen LogP contribution in [0.4, 0.5) is 0 Å². The summed E-state index contributed by atoms with van der Waals surface area (Å²) in [5.41, 5.74) is 3.10. The lowest BCUT2D eigenvalue weighted by Gasteiger charge is -2.32. The predicted molar refractivity (Wildman–Crippen MR) is 110 cm³/mol. The van der Waals surface area contributed by atoms with Crippen molar-refractivity contribution in [3.8, 4) is 17.2 Å². The van der Waals surface area contributed by atoms with E-state index in [2.05, 4.69) is 16.3 Å². The lowest BCUT2D eigenvalue weighted by Crippen LogP contribution is -2.42. The van der Waals surface area contributed by atoms with Crippen LogP contribution in [-0.2, 0) is 4.74 Å². The summed E-state index contributed by atoms with van der Waals surface area (Å²) in [5.74, 6) is 0.436. The van der Waals surface area contributed by atoms with Crippen LogP contribution in [0.1, 0.15) is 28.8 Å². The number of nitrogens with zero attached hydrogens (tertiary/aromatic N) is 2. The third kappa shape index (κ3) is 5.19. The summed E-state index contributed by atoms with van der Waals surface area (Å²) in [6.07, 6.45) is 2.31. The Hall–Kier alpha value is -2.68. The van der Waals surface area contributed by atoms with E-state index in [-0.39, 0.29) is 5.91 Å². The first-order chi connectivity index (χ1) is 13.7. The molecular formula is C23H27N3O2. The quantitative estimate of drug-likeness (QED) is 0.804. The second-order valence-corrected chi connectivity index (χ2v) is 7.25. The van der Waals surface area contributed by atoms with E-state index < -0.39 is 0 Å². The number of hydrogen-bond donors (Lipinski definition) is 1. The Balaban J connectivity index is 1.56. The van der Waals surface area contributed by atoms with Gasteiger partial charge in [0, 0.05) is 32.3 Å². The molecule has 1 atom stereocenters. The molecule has 1 heterocycles. The Morgan fingerprint density at radius 2 is 2.04 bits per heavy atom. The number of carbonyl (C=O) groups is 1. The van der Waals surface area contributed by atoms with E-state index in [4.69, 9.17) is 4.74 Å². The average molecular weight is 377 g/mol. The van der Waals surface area contributed by atoms with Crippen molar-refractivity contribution in [2.45, 2.75) is 12.8 Å². The minimum atomic E-state index is -0.0471. The molecule has 1 aliphatic rings. The molecule has 0 saturated carbocycles. The maximum atomic E-state index is 12.5. The molecule has 5 nitrogen and oxygen atoms in total. The van der Waals surface area contributed by atoms with E-state index in [1.165, 1.54) is 0 Å². The molecule has 1 amide bonds. The number of benzene rings is 2. The van der Waals surface area contributed by atoms with E-state index >= 15 is 0 Å². The third-order valence-corrected chi connectivity index (χ3v) is 5.27. The first-order valence-corrected chi connectivity index (χ1v) is 9.80. The topological polar surface area (TPSA) is 65.4 Å². The van der Waals surface area contributed by atoms with E-state index in [0.717, 1.165) is 50.2 Å². The van der Waals surface area contributed by atoms with Gasteiger partial charge in [0.15, 0.2) is 0 Å². The van der Waals surface area contributed by atoms with E-state index in [1.807, 2.05) is 42.5 Å². The van der Waals surface area contributed by atoms with Gasteiger partial charge in [-0.05, 0) is 54.6 Å². The summed E-state index contributed by atoms with van der Waals surface area (Å²) in [7, 11) is 1.73. The lowest BCUT2D eigenvalue weighted by molar-refractivity contribution is 0.0913. The maximum Gasteiger partial charge on any atom is 0.251 e. The Kier molecular flexibility index (Phi) is 7.18. The fourth-order valence-corrected chi connectivity index (χ4v) is 3.71. The van der Waals surface area contributed by atoms with Crippen LogP contribution in [0.3, 0.4) is 0 Å². The smallest absolute Gasteiger partial charge is 0.251 e. The molecule has 1 saturated heterocycles. The first kappa shape index (κ1) is 20.1. The number of hydrogen-bond acceptors (Lipinski definition) is 4. The molecule has 0 radical (unpaired) electrons. The Morgan fingerprint density at radius 1 is 1.25 bits per heavy atom. The molecular weight excluding hydrogens is 350 g/mol. The highest BCUT2D eigenvalue weighted by Crippen LogP contribution is 2.23. The van der Waals surface area contributed by atoms with Gasteiger partial charge in [-0.2, -0.15) is 5.26 Å². The lowest BCUT2D eigenvalue weighted by atomic mass is 9.97. The Labute approximate surface area is 166 Å². The molecule has 0 aliphatic carbocycles. The zero-order valence-electron chi connectivity index (χ0n) is 16.4. The van der Waals surface area contributed by atoms with Gasteiger partial charge in [0.05, 0.1) is 18.2 Å². The summed E-state index contributed by atoms with van der Waals surface area (Å²) in [6, 6.07) is 17.2. The number of piperidine rings is 1. The second kappa shape index (κ2) is 10.0. The van der Waals surface area contributed by atoms with Crippen molar-refractivity contribution in [1.29, 1.82) is 5.26 Å². The molecule has 0 aromatic heterocycles. The van der Waals surface area contributed by atoms with Crippen LogP contribution >= 0.6 is 0 Å². The number of nitrogens with one attached hydrogen (secondary N) is 1. The number of amides is 1. The van der Waals surface area contributed by atoms with Gasteiger partial charge in [-0.25, -0.2) is 0 Å². The molecule has 146 valence electrons. The van der Waals surface area contributed by atoms with Crippen molar-refractivity contribution < 1.29 is 9.53 Å². The maximum absolute atomic E-state index is 12.5. The predicted octanol–water partition coefficient (Wildman–Crippen LogP) is 3.31. The van der Waals surface area contributed by atoms with Gasteiger partial charge in [-0.3, -0.25) is 4.79 Å². The van der Waals surface area contributed by atoms with Crippen LogP contribution in [-0.4, -0.2) is 50.7 Å². The molecule has 2 aromatic rings. The number of ether oxygens (including phenoxy) is 1. The van der Waals surface area contributed by atoms with Crippen molar-refractivity contribution in [1.82, 2.24) is 10.2 Å². The number of nitriles is 1. The molecule has 1 N–H and O–H groups in total. The highest BCUT2D eigenvalue weighted by molar-refractivity contribution is 5.94. The standard InChI is InChI=1S/C23H27N3O2/c1-28-14-13-26-12-4-5-18(17-26)16-25-23(27)20-10-8-19(9-11-20)22-7-3-2-6-21(22)15-24/h2-3,6-11,18H,4-5,12-14,16-17H2,1H3,(H,25,27)/t18-/m0/s1. The summed E-state index contributed by atoms with van der Waals surface area (Å²) >= 11 is 0. The van der Waals surface area contributed by atoms with Crippen LogP contribution in [0.25, 0.3) is 11.1 Å². The Bertz CT molecular complexity index is 826. The molecule has 5 heteroatoms. The average Bonchev–Trinajstić information content (AvgIpc) is 2.76. The summed E-state index contributed by atoms with van der Waals surface area (Å²) in [5, 5.41) is 12.3. The highest BCUT2D eigenvalue weighted by atomic mass is 16.5. The SMILES string of the molecule is COCCN1CCC[C@@H](CNC(=O)c2ccc(-c3ccccc3C#N)cc2)C1. The van der Waals surface area contributed by atoms with Crippen molar-refractivity contribution >= 4 is 5.91 Å². The van der Waals surface area contributed by atoms with Gasteiger partial charge in [0.25, 0.3) is 5.91 Å². The van der Waals surface area contributed by atoms with Crippen LogP contribution in [0.5, 0.6) is 0 Å². The molecule has 0 bridgehead atoms. The first-order valence-electron chi connectivity index (χ1n) is 9.80. The van der Waals surface area contributed by atoms with Crippen LogP contribution in [0, 0.1) is 17.2 Å². The van der Waals surface area contributed by atoms with Gasteiger partial charge in [0.2, 0.25) is 0 Å². The van der Waals surface area contributed by atoms with Crippen molar-refractivity contribution in [3.05, 3.63) is 59.7 Å². The van der Waals surface area contributed by atoms with Gasteiger partial charge in [-0.15, -0.1) is 0 Å². The van der Waals surface area contributed by atoms with Gasteiger partial charge < -0.3 is 15.0 Å². The van der Waals surface area contributed by atoms with Crippen LogP contribution < -0.4 is 5.32 Å². The van der Waals surface area contributed by atoms with E-state index in [0.29, 0.717) is 23.6 Å². The van der Waals surface area contributed by atoms with Gasteiger partial charge in [0.1, 0.15) is 0 Å². The zero-order valence-corrected chi connectivity index (χ0v) is 16.4. The van der Waals surface area contributed by atoms with Crippen molar-refractivity contribution in [3.63, 3.8) is 0 Å². The minimum Gasteiger partial charge on any atom is -0.383 e. The zero-order chi connectivity index (χ0) is 19.8. The van der Waals surface area contributed by atoms with Gasteiger partial charge >= 0.3 is 0 Å². The number of rotatable bonds is 7. The number of likely N-dealkylation sites (tertiary alicyclic amines) is 1. The molecule has 1 aliphatic heterocycles. The summed E-state index contributed by atoms with van der Waals surface area (Å²) < 4.78 is 5.16. The monoisotopic (exact) mass is 377 g/mol. The fourth-order valence-electron chi connectivity index (χ4n) is 3.71. The van der Waals surface area contributed by atoms with Crippen LogP contribution in [0.2, 0.25) is 0 Å². The summed E-state index contributed by atoms with van der Waals surface area (Å²) in [4.78, 5) is 14.9. The van der Waals surface area contributed by atoms with Crippen molar-refractivity contribution in [2.24, 2.45) is 5.92 Å². The molecule has 0 spiro atoms. The summed E-state index contributed by atoms with van der Waals surface area (Å²) in [6.45, 7) is 4.52. The fraction of sp³-hybridized carbons (Fsp3) is 0.391. The second-order valence-electron chi connectivity index (χ2n) is 7.25. The highest BCUT2D eigenvalue weighted by Gasteiger charge is 2.20. The van der Waals surface area contributed by atoms with E-state index in [9.17, 15) is 10.1 Å². The normalized spacial score (nSPS) is 17.1. The van der Waals surface area contributed by atoms with Gasteiger partial charge in [-0.1, -0.05) is 30.3 Å². The minimum absolute atomic E-state index is 0.0471. The van der Waals surface area contributed by atoms with Crippen molar-refractivity contribution in [2.75, 3.05) is 39.9 Å². The number of methoxy groups -OCH3 is 1. The molecule has 28 heavy (non-hydrogen) atoms.